The molecule has 0 spiro atoms. The molecule has 0 radical (unpaired) electrons. The summed E-state index contributed by atoms with van der Waals surface area (Å²) in [6.07, 6.45) is 1.55. The number of cyclic esters (lactones) is 1. The molecule has 0 saturated carbocycles. The molecule has 7 heteroatoms. The Hall–Kier alpha value is -2.86. The Morgan fingerprint density at radius 1 is 1.35 bits per heavy atom. The second-order valence-corrected chi connectivity index (χ2v) is 6.11. The maximum Gasteiger partial charge on any atom is 0.363 e. The largest absolute Gasteiger partial charge is 0.462 e. The van der Waals surface area contributed by atoms with Gasteiger partial charge in [0.15, 0.2) is 5.70 Å². The maximum atomic E-state index is 12.2. The van der Waals surface area contributed by atoms with Gasteiger partial charge >= 0.3 is 11.9 Å². The van der Waals surface area contributed by atoms with Gasteiger partial charge in [0, 0.05) is 11.4 Å². The summed E-state index contributed by atoms with van der Waals surface area (Å²) in [4.78, 5) is 31.6. The topological polar surface area (TPSA) is 80.8 Å². The molecular formula is C19H17ClN2O4. The van der Waals surface area contributed by atoms with Crippen LogP contribution in [0.3, 0.4) is 0 Å². The van der Waals surface area contributed by atoms with Crippen LogP contribution in [0, 0.1) is 13.8 Å². The highest BCUT2D eigenvalue weighted by molar-refractivity contribution is 6.34. The van der Waals surface area contributed by atoms with Crippen LogP contribution in [-0.2, 0) is 14.3 Å². The number of rotatable bonds is 4. The van der Waals surface area contributed by atoms with Crippen LogP contribution in [-0.4, -0.2) is 29.4 Å². The number of hydrogen-bond donors (Lipinski definition) is 1. The Balaban J connectivity index is 1.98. The standard InChI is InChI=1S/C19H17ClN2O4/c1-4-25-19(24)16-10(2)14(21-11(16)3)9-15-18(23)26-17(22-15)12-7-5-6-8-13(12)20/h5-9,21H,4H2,1-3H3/b15-9-. The molecule has 26 heavy (non-hydrogen) atoms. The predicted molar refractivity (Wildman–Crippen MR) is 98.3 cm³/mol. The number of aryl methyl sites for hydroxylation is 1. The average Bonchev–Trinajstić information content (AvgIpc) is 3.08. The molecule has 0 amide bonds. The Morgan fingerprint density at radius 3 is 2.77 bits per heavy atom. The highest BCUT2D eigenvalue weighted by Gasteiger charge is 2.27. The number of hydrogen-bond acceptors (Lipinski definition) is 5. The van der Waals surface area contributed by atoms with Crippen LogP contribution in [0.15, 0.2) is 35.0 Å². The van der Waals surface area contributed by atoms with Crippen molar-refractivity contribution in [2.45, 2.75) is 20.8 Å². The number of aromatic nitrogens is 1. The quantitative estimate of drug-likeness (QED) is 0.653. The van der Waals surface area contributed by atoms with Gasteiger partial charge in [0.2, 0.25) is 5.90 Å². The zero-order valence-electron chi connectivity index (χ0n) is 14.6. The molecule has 0 atom stereocenters. The van der Waals surface area contributed by atoms with Crippen LogP contribution in [0.4, 0.5) is 0 Å². The summed E-state index contributed by atoms with van der Waals surface area (Å²) in [5.41, 5.74) is 3.07. The zero-order chi connectivity index (χ0) is 18.8. The van der Waals surface area contributed by atoms with E-state index in [1.165, 1.54) is 0 Å². The van der Waals surface area contributed by atoms with E-state index in [-0.39, 0.29) is 18.2 Å². The lowest BCUT2D eigenvalue weighted by Crippen LogP contribution is -2.06. The molecule has 0 fully saturated rings. The molecule has 3 rings (SSSR count). The summed E-state index contributed by atoms with van der Waals surface area (Å²) < 4.78 is 10.3. The number of esters is 2. The molecule has 1 aliphatic rings. The van der Waals surface area contributed by atoms with E-state index in [0.717, 1.165) is 0 Å². The molecule has 134 valence electrons. The highest BCUT2D eigenvalue weighted by Crippen LogP contribution is 2.26. The Kier molecular flexibility index (Phi) is 4.95. The third-order valence-corrected chi connectivity index (χ3v) is 4.29. The molecule has 1 N–H and O–H groups in total. The lowest BCUT2D eigenvalue weighted by Gasteiger charge is -2.01. The summed E-state index contributed by atoms with van der Waals surface area (Å²) in [6.45, 7) is 5.59. The monoisotopic (exact) mass is 372 g/mol. The van der Waals surface area contributed by atoms with Gasteiger partial charge in [-0.3, -0.25) is 0 Å². The van der Waals surface area contributed by atoms with E-state index >= 15 is 0 Å². The summed E-state index contributed by atoms with van der Waals surface area (Å²) in [5, 5.41) is 0.441. The number of nitrogens with one attached hydrogen (secondary N) is 1. The number of carbonyl (C=O) groups excluding carboxylic acids is 2. The number of benzene rings is 1. The van der Waals surface area contributed by atoms with Gasteiger partial charge in [-0.2, -0.15) is 0 Å². The summed E-state index contributed by atoms with van der Waals surface area (Å²) in [5.74, 6) is -0.833. The van der Waals surface area contributed by atoms with Gasteiger partial charge in [-0.05, 0) is 44.5 Å². The van der Waals surface area contributed by atoms with E-state index in [0.29, 0.717) is 33.1 Å². The smallest absolute Gasteiger partial charge is 0.363 e. The average molecular weight is 373 g/mol. The van der Waals surface area contributed by atoms with Crippen molar-refractivity contribution in [3.63, 3.8) is 0 Å². The van der Waals surface area contributed by atoms with Gasteiger partial charge in [-0.15, -0.1) is 0 Å². The first-order chi connectivity index (χ1) is 12.4. The van der Waals surface area contributed by atoms with Crippen molar-refractivity contribution in [1.82, 2.24) is 4.98 Å². The van der Waals surface area contributed by atoms with Crippen molar-refractivity contribution < 1.29 is 19.1 Å². The predicted octanol–water partition coefficient (Wildman–Crippen LogP) is 3.81. The normalized spacial score (nSPS) is 15.2. The van der Waals surface area contributed by atoms with E-state index in [2.05, 4.69) is 9.98 Å². The van der Waals surface area contributed by atoms with Crippen molar-refractivity contribution >= 4 is 35.5 Å². The molecule has 1 aromatic heterocycles. The van der Waals surface area contributed by atoms with Crippen molar-refractivity contribution in [3.05, 3.63) is 63.1 Å². The van der Waals surface area contributed by atoms with E-state index < -0.39 is 11.9 Å². The van der Waals surface area contributed by atoms with Crippen LogP contribution >= 0.6 is 11.6 Å². The van der Waals surface area contributed by atoms with Crippen LogP contribution < -0.4 is 0 Å². The van der Waals surface area contributed by atoms with Gasteiger partial charge in [0.05, 0.1) is 22.8 Å². The Morgan fingerprint density at radius 2 is 2.08 bits per heavy atom. The summed E-state index contributed by atoms with van der Waals surface area (Å²) in [6, 6.07) is 6.98. The summed E-state index contributed by atoms with van der Waals surface area (Å²) >= 11 is 6.12. The second kappa shape index (κ2) is 7.17. The minimum absolute atomic E-state index is 0.125. The lowest BCUT2D eigenvalue weighted by atomic mass is 10.1. The van der Waals surface area contributed by atoms with Crippen molar-refractivity contribution in [2.24, 2.45) is 4.99 Å². The molecule has 1 aromatic carbocycles. The first-order valence-electron chi connectivity index (χ1n) is 8.06. The molecule has 0 saturated heterocycles. The molecular weight excluding hydrogens is 356 g/mol. The number of halogens is 1. The lowest BCUT2D eigenvalue weighted by molar-refractivity contribution is -0.129. The van der Waals surface area contributed by atoms with Crippen LogP contribution in [0.5, 0.6) is 0 Å². The molecule has 6 nitrogen and oxygen atoms in total. The Labute approximate surface area is 155 Å². The van der Waals surface area contributed by atoms with Crippen molar-refractivity contribution in [1.29, 1.82) is 0 Å². The zero-order valence-corrected chi connectivity index (χ0v) is 15.3. The summed E-state index contributed by atoms with van der Waals surface area (Å²) in [7, 11) is 0. The van der Waals surface area contributed by atoms with Gasteiger partial charge in [0.25, 0.3) is 0 Å². The van der Waals surface area contributed by atoms with Crippen LogP contribution in [0.1, 0.15) is 39.8 Å². The first kappa shape index (κ1) is 17.9. The van der Waals surface area contributed by atoms with Gasteiger partial charge < -0.3 is 14.5 Å². The number of carbonyl (C=O) groups is 2. The van der Waals surface area contributed by atoms with Gasteiger partial charge in [-0.25, -0.2) is 14.6 Å². The van der Waals surface area contributed by atoms with Crippen LogP contribution in [0.2, 0.25) is 5.02 Å². The third-order valence-electron chi connectivity index (χ3n) is 3.96. The molecule has 2 heterocycles. The Bertz CT molecular complexity index is 956. The van der Waals surface area contributed by atoms with E-state index in [1.54, 1.807) is 51.1 Å². The molecule has 0 unspecified atom stereocenters. The molecule has 1 aliphatic heterocycles. The van der Waals surface area contributed by atoms with E-state index in [9.17, 15) is 9.59 Å². The van der Waals surface area contributed by atoms with E-state index in [1.807, 2.05) is 0 Å². The minimum atomic E-state index is -0.579. The SMILES string of the molecule is CCOC(=O)c1c(C)[nH]c(/C=C2\N=C(c3ccccc3Cl)OC2=O)c1C. The fourth-order valence-electron chi connectivity index (χ4n) is 2.72. The van der Waals surface area contributed by atoms with Gasteiger partial charge in [-0.1, -0.05) is 23.7 Å². The molecule has 0 aliphatic carbocycles. The maximum absolute atomic E-state index is 12.2. The van der Waals surface area contributed by atoms with Crippen LogP contribution in [0.25, 0.3) is 6.08 Å². The first-order valence-corrected chi connectivity index (χ1v) is 8.44. The number of nitrogens with zero attached hydrogens (tertiary/aromatic N) is 1. The molecule has 2 aromatic rings. The fourth-order valence-corrected chi connectivity index (χ4v) is 2.94. The number of H-pyrrole nitrogens is 1. The number of aromatic amines is 1. The van der Waals surface area contributed by atoms with E-state index in [4.69, 9.17) is 21.1 Å². The van der Waals surface area contributed by atoms with Crippen molar-refractivity contribution in [3.8, 4) is 0 Å². The molecule has 0 bridgehead atoms. The third kappa shape index (κ3) is 3.28. The highest BCUT2D eigenvalue weighted by atomic mass is 35.5. The number of aliphatic imine (C=N–C) groups is 1. The number of ether oxygens (including phenoxy) is 2. The second-order valence-electron chi connectivity index (χ2n) is 5.70. The fraction of sp³-hybridized carbons (Fsp3) is 0.211. The van der Waals surface area contributed by atoms with Gasteiger partial charge in [0.1, 0.15) is 0 Å². The minimum Gasteiger partial charge on any atom is -0.462 e. The van der Waals surface area contributed by atoms with Crippen molar-refractivity contribution in [2.75, 3.05) is 6.61 Å².